The van der Waals surface area contributed by atoms with Gasteiger partial charge >= 0.3 is 0 Å². The number of piperazine rings is 1. The SMILES string of the molecule is CCCCn1cccc(C(=O)N2CCNCC2)c1=O. The number of amides is 1. The van der Waals surface area contributed by atoms with Crippen molar-refractivity contribution < 1.29 is 4.79 Å². The lowest BCUT2D eigenvalue weighted by molar-refractivity contribution is 0.0733. The van der Waals surface area contributed by atoms with E-state index in [0.29, 0.717) is 25.2 Å². The fraction of sp³-hybridized carbons (Fsp3) is 0.571. The van der Waals surface area contributed by atoms with Crippen LogP contribution in [0.1, 0.15) is 30.1 Å². The number of nitrogens with one attached hydrogen (secondary N) is 1. The summed E-state index contributed by atoms with van der Waals surface area (Å²) in [6.45, 7) is 5.69. The van der Waals surface area contributed by atoms with Crippen molar-refractivity contribution in [3.8, 4) is 0 Å². The summed E-state index contributed by atoms with van der Waals surface area (Å²) in [5.74, 6) is -0.141. The van der Waals surface area contributed by atoms with Crippen molar-refractivity contribution in [2.24, 2.45) is 0 Å². The van der Waals surface area contributed by atoms with Crippen LogP contribution in [-0.4, -0.2) is 41.6 Å². The third kappa shape index (κ3) is 3.23. The van der Waals surface area contributed by atoms with Crippen molar-refractivity contribution in [2.75, 3.05) is 26.2 Å². The first-order valence-corrected chi connectivity index (χ1v) is 6.93. The average molecular weight is 263 g/mol. The van der Waals surface area contributed by atoms with Gasteiger partial charge in [0, 0.05) is 38.9 Å². The number of hydrogen-bond acceptors (Lipinski definition) is 3. The lowest BCUT2D eigenvalue weighted by atomic mass is 10.2. The summed E-state index contributed by atoms with van der Waals surface area (Å²) in [7, 11) is 0. The Kier molecular flexibility index (Phi) is 4.74. The molecule has 0 radical (unpaired) electrons. The van der Waals surface area contributed by atoms with Crippen LogP contribution >= 0.6 is 0 Å². The number of aromatic nitrogens is 1. The number of aryl methyl sites for hydroxylation is 1. The third-order valence-electron chi connectivity index (χ3n) is 3.41. The van der Waals surface area contributed by atoms with Gasteiger partial charge in [-0.05, 0) is 18.6 Å². The van der Waals surface area contributed by atoms with Crippen LogP contribution in [0.25, 0.3) is 0 Å². The van der Waals surface area contributed by atoms with Gasteiger partial charge in [-0.1, -0.05) is 13.3 Å². The summed E-state index contributed by atoms with van der Waals surface area (Å²) in [4.78, 5) is 26.3. The molecule has 0 unspecified atom stereocenters. The highest BCUT2D eigenvalue weighted by molar-refractivity contribution is 5.93. The molecule has 1 aromatic rings. The molecule has 104 valence electrons. The topological polar surface area (TPSA) is 54.3 Å². The fourth-order valence-electron chi connectivity index (χ4n) is 2.24. The Bertz CT molecular complexity index is 490. The molecule has 0 aliphatic carbocycles. The van der Waals surface area contributed by atoms with Crippen LogP contribution in [0.3, 0.4) is 0 Å². The van der Waals surface area contributed by atoms with Crippen LogP contribution in [0.15, 0.2) is 23.1 Å². The number of rotatable bonds is 4. The molecule has 19 heavy (non-hydrogen) atoms. The fourth-order valence-corrected chi connectivity index (χ4v) is 2.24. The van der Waals surface area contributed by atoms with Crippen LogP contribution in [0, 0.1) is 0 Å². The van der Waals surface area contributed by atoms with E-state index in [2.05, 4.69) is 12.2 Å². The first-order valence-electron chi connectivity index (χ1n) is 6.93. The molecule has 2 heterocycles. The van der Waals surface area contributed by atoms with Crippen molar-refractivity contribution in [3.05, 3.63) is 34.2 Å². The van der Waals surface area contributed by atoms with E-state index in [1.165, 1.54) is 0 Å². The summed E-state index contributed by atoms with van der Waals surface area (Å²) < 4.78 is 1.64. The largest absolute Gasteiger partial charge is 0.336 e. The maximum atomic E-state index is 12.3. The molecule has 1 saturated heterocycles. The number of unbranched alkanes of at least 4 members (excludes halogenated alkanes) is 1. The van der Waals surface area contributed by atoms with Crippen LogP contribution in [0.4, 0.5) is 0 Å². The zero-order chi connectivity index (χ0) is 13.7. The predicted octanol–water partition coefficient (Wildman–Crippen LogP) is 0.694. The molecule has 0 saturated carbocycles. The monoisotopic (exact) mass is 263 g/mol. The van der Waals surface area contributed by atoms with E-state index in [9.17, 15) is 9.59 Å². The quantitative estimate of drug-likeness (QED) is 0.869. The van der Waals surface area contributed by atoms with Crippen LogP contribution in [0.2, 0.25) is 0 Å². The van der Waals surface area contributed by atoms with Gasteiger partial charge < -0.3 is 14.8 Å². The highest BCUT2D eigenvalue weighted by atomic mass is 16.2. The predicted molar refractivity (Wildman–Crippen MR) is 74.4 cm³/mol. The second-order valence-corrected chi connectivity index (χ2v) is 4.82. The zero-order valence-electron chi connectivity index (χ0n) is 11.4. The van der Waals surface area contributed by atoms with E-state index in [1.807, 2.05) is 0 Å². The molecule has 1 aliphatic heterocycles. The van der Waals surface area contributed by atoms with E-state index in [-0.39, 0.29) is 11.5 Å². The smallest absolute Gasteiger partial charge is 0.263 e. The van der Waals surface area contributed by atoms with Gasteiger partial charge in [-0.15, -0.1) is 0 Å². The molecule has 5 heteroatoms. The van der Waals surface area contributed by atoms with Gasteiger partial charge in [-0.3, -0.25) is 9.59 Å². The molecule has 5 nitrogen and oxygen atoms in total. The third-order valence-corrected chi connectivity index (χ3v) is 3.41. The Hall–Kier alpha value is -1.62. The van der Waals surface area contributed by atoms with E-state index < -0.39 is 0 Å². The number of hydrogen-bond donors (Lipinski definition) is 1. The zero-order valence-corrected chi connectivity index (χ0v) is 11.4. The minimum absolute atomic E-state index is 0.141. The number of carbonyl (C=O) groups is 1. The Morgan fingerprint density at radius 2 is 2.11 bits per heavy atom. The van der Waals surface area contributed by atoms with Crippen molar-refractivity contribution >= 4 is 5.91 Å². The summed E-state index contributed by atoms with van der Waals surface area (Å²) in [6.07, 6.45) is 3.74. The number of pyridine rings is 1. The molecular formula is C14H21N3O2. The second-order valence-electron chi connectivity index (χ2n) is 4.82. The van der Waals surface area contributed by atoms with Gasteiger partial charge in [0.05, 0.1) is 0 Å². The lowest BCUT2D eigenvalue weighted by Crippen LogP contribution is -2.47. The van der Waals surface area contributed by atoms with Crippen molar-refractivity contribution in [1.29, 1.82) is 0 Å². The molecule has 0 atom stereocenters. The summed E-state index contributed by atoms with van der Waals surface area (Å²) >= 11 is 0. The van der Waals surface area contributed by atoms with E-state index in [0.717, 1.165) is 25.9 Å². The molecule has 1 N–H and O–H groups in total. The molecule has 1 fully saturated rings. The van der Waals surface area contributed by atoms with Crippen molar-refractivity contribution in [1.82, 2.24) is 14.8 Å². The summed E-state index contributed by atoms with van der Waals surface area (Å²) in [6, 6.07) is 3.42. The normalized spacial score (nSPS) is 15.5. The van der Waals surface area contributed by atoms with E-state index >= 15 is 0 Å². The molecule has 2 rings (SSSR count). The molecular weight excluding hydrogens is 242 g/mol. The molecule has 1 aliphatic rings. The van der Waals surface area contributed by atoms with E-state index in [1.54, 1.807) is 27.8 Å². The number of nitrogens with zero attached hydrogens (tertiary/aromatic N) is 2. The van der Waals surface area contributed by atoms with Gasteiger partial charge in [0.25, 0.3) is 11.5 Å². The van der Waals surface area contributed by atoms with Gasteiger partial charge in [0.2, 0.25) is 0 Å². The standard InChI is InChI=1S/C14H21N3O2/c1-2-3-8-16-9-4-5-12(13(16)18)14(19)17-10-6-15-7-11-17/h4-5,9,15H,2-3,6-8,10-11H2,1H3. The number of carbonyl (C=O) groups excluding carboxylic acids is 1. The van der Waals surface area contributed by atoms with E-state index in [4.69, 9.17) is 0 Å². The maximum Gasteiger partial charge on any atom is 0.263 e. The Morgan fingerprint density at radius 3 is 2.79 bits per heavy atom. The van der Waals surface area contributed by atoms with Gasteiger partial charge in [0.15, 0.2) is 0 Å². The molecule has 0 aromatic carbocycles. The lowest BCUT2D eigenvalue weighted by Gasteiger charge is -2.27. The Balaban J connectivity index is 2.19. The molecule has 0 bridgehead atoms. The Morgan fingerprint density at radius 1 is 1.37 bits per heavy atom. The Labute approximate surface area is 113 Å². The maximum absolute atomic E-state index is 12.3. The van der Waals surface area contributed by atoms with Crippen molar-refractivity contribution in [2.45, 2.75) is 26.3 Å². The van der Waals surface area contributed by atoms with Crippen LogP contribution in [0.5, 0.6) is 0 Å². The first kappa shape index (κ1) is 13.8. The molecule has 1 amide bonds. The minimum atomic E-state index is -0.167. The van der Waals surface area contributed by atoms with Gasteiger partial charge in [0.1, 0.15) is 5.56 Å². The second kappa shape index (κ2) is 6.52. The van der Waals surface area contributed by atoms with Crippen molar-refractivity contribution in [3.63, 3.8) is 0 Å². The average Bonchev–Trinajstić information content (AvgIpc) is 2.46. The minimum Gasteiger partial charge on any atom is -0.336 e. The first-order chi connectivity index (χ1) is 9.24. The van der Waals surface area contributed by atoms with Crippen LogP contribution < -0.4 is 10.9 Å². The summed E-state index contributed by atoms with van der Waals surface area (Å²) in [5.41, 5.74) is 0.125. The highest BCUT2D eigenvalue weighted by Gasteiger charge is 2.20. The molecule has 1 aromatic heterocycles. The summed E-state index contributed by atoms with van der Waals surface area (Å²) in [5, 5.41) is 3.20. The van der Waals surface area contributed by atoms with Gasteiger partial charge in [-0.25, -0.2) is 0 Å². The van der Waals surface area contributed by atoms with Gasteiger partial charge in [-0.2, -0.15) is 0 Å². The highest BCUT2D eigenvalue weighted by Crippen LogP contribution is 2.02. The molecule has 0 spiro atoms. The van der Waals surface area contributed by atoms with Crippen LogP contribution in [-0.2, 0) is 6.54 Å².